The first-order valence-corrected chi connectivity index (χ1v) is 7.66. The Balaban J connectivity index is 1.91. The van der Waals surface area contributed by atoms with Crippen LogP contribution in [0, 0.1) is 6.92 Å². The van der Waals surface area contributed by atoms with Crippen LogP contribution in [0.25, 0.3) is 6.08 Å². The van der Waals surface area contributed by atoms with Crippen molar-refractivity contribution in [3.05, 3.63) is 44.9 Å². The number of aromatic nitrogens is 2. The second-order valence-corrected chi connectivity index (χ2v) is 5.70. The fourth-order valence-corrected chi connectivity index (χ4v) is 2.78. The van der Waals surface area contributed by atoms with Crippen LogP contribution in [0.2, 0.25) is 5.15 Å². The minimum atomic E-state index is -0.697. The van der Waals surface area contributed by atoms with Crippen LogP contribution in [0.1, 0.15) is 22.9 Å². The highest BCUT2D eigenvalue weighted by Gasteiger charge is 2.10. The smallest absolute Gasteiger partial charge is 0.244 e. The van der Waals surface area contributed by atoms with E-state index in [0.29, 0.717) is 10.7 Å². The summed E-state index contributed by atoms with van der Waals surface area (Å²) in [6.45, 7) is 1.99. The van der Waals surface area contributed by atoms with Gasteiger partial charge < -0.3 is 10.4 Å². The lowest BCUT2D eigenvalue weighted by Gasteiger charge is -2.08. The van der Waals surface area contributed by atoms with Crippen LogP contribution in [-0.4, -0.2) is 27.3 Å². The molecule has 0 radical (unpaired) electrons. The third-order valence-electron chi connectivity index (χ3n) is 3.00. The molecule has 0 saturated heterocycles. The number of nitrogens with zero attached hydrogens (tertiary/aromatic N) is 2. The predicted molar refractivity (Wildman–Crippen MR) is 84.3 cm³/mol. The first kappa shape index (κ1) is 15.8. The van der Waals surface area contributed by atoms with Crippen molar-refractivity contribution in [1.29, 1.82) is 0 Å². The number of hydrogen-bond donors (Lipinski definition) is 2. The zero-order valence-corrected chi connectivity index (χ0v) is 13.3. The van der Waals surface area contributed by atoms with Crippen LogP contribution in [0.5, 0.6) is 0 Å². The van der Waals surface area contributed by atoms with E-state index in [1.807, 2.05) is 23.8 Å². The highest BCUT2D eigenvalue weighted by Crippen LogP contribution is 2.20. The average molecular weight is 326 g/mol. The molecular weight excluding hydrogens is 310 g/mol. The van der Waals surface area contributed by atoms with Gasteiger partial charge in [0.25, 0.3) is 0 Å². The van der Waals surface area contributed by atoms with Gasteiger partial charge in [0.15, 0.2) is 0 Å². The molecule has 2 aromatic rings. The number of carbonyl (C=O) groups is 1. The van der Waals surface area contributed by atoms with Gasteiger partial charge in [-0.1, -0.05) is 11.6 Å². The molecule has 21 heavy (non-hydrogen) atoms. The molecule has 2 heterocycles. The number of carbonyl (C=O) groups excluding carboxylic acids is 1. The van der Waals surface area contributed by atoms with Crippen molar-refractivity contribution >= 4 is 34.9 Å². The Morgan fingerprint density at radius 2 is 2.43 bits per heavy atom. The molecule has 0 saturated carbocycles. The van der Waals surface area contributed by atoms with E-state index in [4.69, 9.17) is 11.6 Å². The van der Waals surface area contributed by atoms with E-state index in [0.717, 1.165) is 11.3 Å². The normalized spacial score (nSPS) is 12.8. The highest BCUT2D eigenvalue weighted by molar-refractivity contribution is 7.07. The van der Waals surface area contributed by atoms with Crippen molar-refractivity contribution in [1.82, 2.24) is 15.1 Å². The molecule has 2 aromatic heterocycles. The van der Waals surface area contributed by atoms with Crippen LogP contribution >= 0.6 is 22.9 Å². The lowest BCUT2D eigenvalue weighted by Crippen LogP contribution is -2.26. The van der Waals surface area contributed by atoms with Crippen LogP contribution in [0.4, 0.5) is 0 Å². The molecule has 7 heteroatoms. The summed E-state index contributed by atoms with van der Waals surface area (Å²) in [5.74, 6) is -0.288. The monoisotopic (exact) mass is 325 g/mol. The quantitative estimate of drug-likeness (QED) is 0.829. The summed E-state index contributed by atoms with van der Waals surface area (Å²) in [4.78, 5) is 11.7. The third-order valence-corrected chi connectivity index (χ3v) is 4.14. The van der Waals surface area contributed by atoms with Gasteiger partial charge in [0.2, 0.25) is 5.91 Å². The molecule has 0 spiro atoms. The van der Waals surface area contributed by atoms with Gasteiger partial charge in [0.05, 0.1) is 11.8 Å². The second kappa shape index (κ2) is 6.89. The van der Waals surface area contributed by atoms with E-state index in [1.165, 1.54) is 17.4 Å². The van der Waals surface area contributed by atoms with E-state index in [1.54, 1.807) is 17.8 Å². The van der Waals surface area contributed by atoms with Gasteiger partial charge in [-0.25, -0.2) is 0 Å². The van der Waals surface area contributed by atoms with Gasteiger partial charge >= 0.3 is 0 Å². The van der Waals surface area contributed by atoms with Gasteiger partial charge in [-0.15, -0.1) is 0 Å². The maximum Gasteiger partial charge on any atom is 0.244 e. The van der Waals surface area contributed by atoms with Gasteiger partial charge in [-0.2, -0.15) is 16.4 Å². The number of aryl methyl sites for hydroxylation is 2. The van der Waals surface area contributed by atoms with E-state index < -0.39 is 6.10 Å². The third kappa shape index (κ3) is 3.93. The highest BCUT2D eigenvalue weighted by atomic mass is 35.5. The summed E-state index contributed by atoms with van der Waals surface area (Å²) in [6, 6.07) is 1.83. The fourth-order valence-electron chi connectivity index (χ4n) is 1.83. The summed E-state index contributed by atoms with van der Waals surface area (Å²) >= 11 is 7.58. The summed E-state index contributed by atoms with van der Waals surface area (Å²) < 4.78 is 1.55. The van der Waals surface area contributed by atoms with Crippen molar-refractivity contribution in [2.75, 3.05) is 6.54 Å². The molecule has 1 amide bonds. The molecular formula is C14H16ClN3O2S. The zero-order valence-electron chi connectivity index (χ0n) is 11.7. The minimum absolute atomic E-state index is 0.166. The van der Waals surface area contributed by atoms with Crippen molar-refractivity contribution in [3.8, 4) is 0 Å². The number of aliphatic hydroxyl groups excluding tert-OH is 1. The molecule has 0 aliphatic heterocycles. The first-order chi connectivity index (χ1) is 9.99. The Morgan fingerprint density at radius 1 is 1.67 bits per heavy atom. The van der Waals surface area contributed by atoms with Crippen molar-refractivity contribution < 1.29 is 9.90 Å². The first-order valence-electron chi connectivity index (χ1n) is 6.34. The predicted octanol–water partition coefficient (Wildman–Crippen LogP) is 2.31. The largest absolute Gasteiger partial charge is 0.387 e. The molecule has 2 rings (SSSR count). The van der Waals surface area contributed by atoms with Crippen LogP contribution in [0.15, 0.2) is 22.9 Å². The Labute approximate surface area is 131 Å². The molecule has 0 aliphatic carbocycles. The Kier molecular flexibility index (Phi) is 5.17. The number of nitrogens with one attached hydrogen (secondary N) is 1. The number of rotatable bonds is 5. The molecule has 0 aromatic carbocycles. The van der Waals surface area contributed by atoms with Crippen LogP contribution in [0.3, 0.4) is 0 Å². The number of amides is 1. The minimum Gasteiger partial charge on any atom is -0.387 e. The number of aliphatic hydroxyl groups is 1. The van der Waals surface area contributed by atoms with Gasteiger partial charge in [0.1, 0.15) is 5.15 Å². The van der Waals surface area contributed by atoms with E-state index in [9.17, 15) is 9.90 Å². The van der Waals surface area contributed by atoms with Gasteiger partial charge in [-0.3, -0.25) is 9.48 Å². The molecule has 0 aliphatic rings. The molecule has 0 fully saturated rings. The van der Waals surface area contributed by atoms with Crippen molar-refractivity contribution in [2.24, 2.45) is 7.05 Å². The lowest BCUT2D eigenvalue weighted by molar-refractivity contribution is -0.116. The Hall–Kier alpha value is -1.63. The Bertz CT molecular complexity index is 649. The molecule has 112 valence electrons. The maximum absolute atomic E-state index is 11.7. The van der Waals surface area contributed by atoms with Crippen molar-refractivity contribution in [2.45, 2.75) is 13.0 Å². The van der Waals surface area contributed by atoms with Crippen LogP contribution in [-0.2, 0) is 11.8 Å². The molecule has 1 atom stereocenters. The van der Waals surface area contributed by atoms with E-state index >= 15 is 0 Å². The number of hydrogen-bond acceptors (Lipinski definition) is 4. The fraction of sp³-hybridized carbons (Fsp3) is 0.286. The zero-order chi connectivity index (χ0) is 15.4. The maximum atomic E-state index is 11.7. The molecule has 0 bridgehead atoms. The lowest BCUT2D eigenvalue weighted by atomic mass is 10.2. The molecule has 5 nitrogen and oxygen atoms in total. The van der Waals surface area contributed by atoms with Gasteiger partial charge in [0, 0.05) is 25.2 Å². The van der Waals surface area contributed by atoms with E-state index in [-0.39, 0.29) is 12.5 Å². The van der Waals surface area contributed by atoms with Gasteiger partial charge in [-0.05, 0) is 35.4 Å². The summed E-state index contributed by atoms with van der Waals surface area (Å²) in [6.07, 6.45) is 2.31. The Morgan fingerprint density at radius 3 is 3.00 bits per heavy atom. The average Bonchev–Trinajstić information content (AvgIpc) is 3.05. The molecule has 2 N–H and O–H groups in total. The van der Waals surface area contributed by atoms with Crippen LogP contribution < -0.4 is 5.32 Å². The number of thiophene rings is 1. The van der Waals surface area contributed by atoms with E-state index in [2.05, 4.69) is 10.4 Å². The summed E-state index contributed by atoms with van der Waals surface area (Å²) in [7, 11) is 1.74. The second-order valence-electron chi connectivity index (χ2n) is 4.56. The van der Waals surface area contributed by atoms with Crippen molar-refractivity contribution in [3.63, 3.8) is 0 Å². The topological polar surface area (TPSA) is 67.2 Å². The summed E-state index contributed by atoms with van der Waals surface area (Å²) in [5, 5.41) is 20.9. The number of halogens is 1. The standard InChI is InChI=1S/C14H16ClN3O2S/c1-9-11(14(15)18(2)17-9)3-4-13(20)16-7-12(19)10-5-6-21-8-10/h3-6,8,12,19H,7H2,1-2H3,(H,16,20)/b4-3+. The molecule has 1 unspecified atom stereocenters. The summed E-state index contributed by atoms with van der Waals surface area (Å²) in [5.41, 5.74) is 2.27. The SMILES string of the molecule is Cc1nn(C)c(Cl)c1/C=C/C(=O)NCC(O)c1ccsc1.